The van der Waals surface area contributed by atoms with Crippen LogP contribution in [0, 0.1) is 12.8 Å². The molecule has 0 unspecified atom stereocenters. The van der Waals surface area contributed by atoms with Gasteiger partial charge in [0.2, 0.25) is 0 Å². The maximum atomic E-state index is 10.7. The summed E-state index contributed by atoms with van der Waals surface area (Å²) in [5.41, 5.74) is 0. The summed E-state index contributed by atoms with van der Waals surface area (Å²) in [6.07, 6.45) is 6.06. The summed E-state index contributed by atoms with van der Waals surface area (Å²) in [7, 11) is 0. The summed E-state index contributed by atoms with van der Waals surface area (Å²) >= 11 is 1.27. The zero-order valence-electron chi connectivity index (χ0n) is 11.5. The quantitative estimate of drug-likeness (QED) is 0.841. The van der Waals surface area contributed by atoms with E-state index in [0.717, 1.165) is 29.7 Å². The molecule has 1 heterocycles. The van der Waals surface area contributed by atoms with Crippen LogP contribution in [-0.4, -0.2) is 31.6 Å². The van der Waals surface area contributed by atoms with Gasteiger partial charge in [0.15, 0.2) is 5.16 Å². The minimum absolute atomic E-state index is 0.0441. The largest absolute Gasteiger partial charge is 0.481 e. The number of carboxylic acids is 1. The van der Waals surface area contributed by atoms with E-state index < -0.39 is 5.97 Å². The molecule has 0 bridgehead atoms. The van der Waals surface area contributed by atoms with Crippen molar-refractivity contribution in [3.63, 3.8) is 0 Å². The Hall–Kier alpha value is -1.04. The summed E-state index contributed by atoms with van der Waals surface area (Å²) in [6, 6.07) is 0.439. The second kappa shape index (κ2) is 6.41. The number of hydrogen-bond acceptors (Lipinski definition) is 4. The number of rotatable bonds is 5. The van der Waals surface area contributed by atoms with Gasteiger partial charge in [0.05, 0.1) is 5.75 Å². The van der Waals surface area contributed by atoms with Crippen molar-refractivity contribution in [1.29, 1.82) is 0 Å². The highest BCUT2D eigenvalue weighted by atomic mass is 32.2. The van der Waals surface area contributed by atoms with Gasteiger partial charge in [-0.2, -0.15) is 0 Å². The van der Waals surface area contributed by atoms with Crippen molar-refractivity contribution in [3.8, 4) is 0 Å². The molecular formula is C13H21N3O2S. The van der Waals surface area contributed by atoms with E-state index in [1.807, 2.05) is 6.92 Å². The van der Waals surface area contributed by atoms with Crippen molar-refractivity contribution in [2.75, 3.05) is 5.75 Å². The van der Waals surface area contributed by atoms with Crippen LogP contribution in [0.5, 0.6) is 0 Å². The average molecular weight is 283 g/mol. The molecule has 0 aromatic carbocycles. The highest BCUT2D eigenvalue weighted by molar-refractivity contribution is 7.99. The fraction of sp³-hybridized carbons (Fsp3) is 0.769. The number of carbonyl (C=O) groups is 1. The summed E-state index contributed by atoms with van der Waals surface area (Å²) in [5, 5.41) is 17.7. The molecule has 2 rings (SSSR count). The number of aromatic nitrogens is 3. The lowest BCUT2D eigenvalue weighted by Crippen LogP contribution is -2.19. The van der Waals surface area contributed by atoms with Crippen molar-refractivity contribution in [2.45, 2.75) is 57.1 Å². The third-order valence-electron chi connectivity index (χ3n) is 3.92. The Bertz CT molecular complexity index is 439. The van der Waals surface area contributed by atoms with Crippen LogP contribution in [0.15, 0.2) is 5.16 Å². The minimum atomic E-state index is -0.813. The molecule has 1 aliphatic carbocycles. The van der Waals surface area contributed by atoms with Gasteiger partial charge in [-0.1, -0.05) is 25.1 Å². The van der Waals surface area contributed by atoms with Gasteiger partial charge in [-0.3, -0.25) is 4.79 Å². The molecule has 1 aliphatic rings. The van der Waals surface area contributed by atoms with E-state index in [1.54, 1.807) is 0 Å². The van der Waals surface area contributed by atoms with Crippen molar-refractivity contribution < 1.29 is 9.90 Å². The molecule has 0 saturated heterocycles. The number of aliphatic carboxylic acids is 1. The molecule has 6 heteroatoms. The SMILES string of the molecule is CCC1CCC(n2c(C)nnc2SCC(=O)O)CC1. The van der Waals surface area contributed by atoms with E-state index in [-0.39, 0.29) is 5.75 Å². The van der Waals surface area contributed by atoms with Crippen LogP contribution >= 0.6 is 11.8 Å². The standard InChI is InChI=1S/C13H21N3O2S/c1-3-10-4-6-11(7-5-10)16-9(2)14-15-13(16)19-8-12(17)18/h10-11H,3-8H2,1-2H3,(H,17,18). The third-order valence-corrected chi connectivity index (χ3v) is 4.85. The summed E-state index contributed by atoms with van der Waals surface area (Å²) in [4.78, 5) is 10.7. The first-order chi connectivity index (χ1) is 9.11. The predicted molar refractivity (Wildman–Crippen MR) is 74.4 cm³/mol. The molecule has 0 spiro atoms. The van der Waals surface area contributed by atoms with Gasteiger partial charge in [0.25, 0.3) is 0 Å². The zero-order valence-corrected chi connectivity index (χ0v) is 12.3. The Morgan fingerprint density at radius 1 is 1.37 bits per heavy atom. The Labute approximate surface area is 117 Å². The first-order valence-corrected chi connectivity index (χ1v) is 7.86. The predicted octanol–water partition coefficient (Wildman–Crippen LogP) is 2.90. The van der Waals surface area contributed by atoms with Gasteiger partial charge in [0.1, 0.15) is 5.82 Å². The van der Waals surface area contributed by atoms with E-state index in [2.05, 4.69) is 21.7 Å². The second-order valence-electron chi connectivity index (χ2n) is 5.17. The van der Waals surface area contributed by atoms with Crippen LogP contribution in [0.2, 0.25) is 0 Å². The lowest BCUT2D eigenvalue weighted by molar-refractivity contribution is -0.133. The Kier molecular flexibility index (Phi) is 4.85. The molecule has 0 atom stereocenters. The van der Waals surface area contributed by atoms with Gasteiger partial charge in [-0.05, 0) is 38.5 Å². The van der Waals surface area contributed by atoms with Crippen LogP contribution in [0.3, 0.4) is 0 Å². The average Bonchev–Trinajstić information content (AvgIpc) is 2.78. The summed E-state index contributed by atoms with van der Waals surface area (Å²) in [6.45, 7) is 4.20. The fourth-order valence-electron chi connectivity index (χ4n) is 2.81. The monoisotopic (exact) mass is 283 g/mol. The highest BCUT2D eigenvalue weighted by Gasteiger charge is 2.25. The molecule has 1 saturated carbocycles. The third kappa shape index (κ3) is 3.49. The van der Waals surface area contributed by atoms with Gasteiger partial charge in [0, 0.05) is 6.04 Å². The van der Waals surface area contributed by atoms with Crippen LogP contribution in [-0.2, 0) is 4.79 Å². The normalized spacial score (nSPS) is 23.5. The highest BCUT2D eigenvalue weighted by Crippen LogP contribution is 2.36. The number of carboxylic acid groups (broad SMARTS) is 1. The van der Waals surface area contributed by atoms with Crippen LogP contribution in [0.4, 0.5) is 0 Å². The van der Waals surface area contributed by atoms with Crippen LogP contribution < -0.4 is 0 Å². The lowest BCUT2D eigenvalue weighted by Gasteiger charge is -2.29. The van der Waals surface area contributed by atoms with E-state index in [0.29, 0.717) is 6.04 Å². The molecular weight excluding hydrogens is 262 g/mol. The Morgan fingerprint density at radius 3 is 2.63 bits per heavy atom. The molecule has 1 aromatic rings. The molecule has 5 nitrogen and oxygen atoms in total. The molecule has 19 heavy (non-hydrogen) atoms. The molecule has 1 N–H and O–H groups in total. The van der Waals surface area contributed by atoms with E-state index in [4.69, 9.17) is 5.11 Å². The molecule has 0 aliphatic heterocycles. The zero-order chi connectivity index (χ0) is 13.8. The summed E-state index contributed by atoms with van der Waals surface area (Å²) in [5.74, 6) is 0.977. The molecule has 0 amide bonds. The van der Waals surface area contributed by atoms with Gasteiger partial charge >= 0.3 is 5.97 Å². The van der Waals surface area contributed by atoms with E-state index in [1.165, 1.54) is 31.0 Å². The fourth-order valence-corrected chi connectivity index (χ4v) is 3.58. The van der Waals surface area contributed by atoms with E-state index in [9.17, 15) is 4.79 Å². The molecule has 0 radical (unpaired) electrons. The number of aryl methyl sites for hydroxylation is 1. The maximum Gasteiger partial charge on any atom is 0.313 e. The van der Waals surface area contributed by atoms with E-state index >= 15 is 0 Å². The van der Waals surface area contributed by atoms with Crippen molar-refractivity contribution in [2.24, 2.45) is 5.92 Å². The Morgan fingerprint density at radius 2 is 2.05 bits per heavy atom. The summed E-state index contributed by atoms with van der Waals surface area (Å²) < 4.78 is 2.14. The molecule has 106 valence electrons. The number of hydrogen-bond donors (Lipinski definition) is 1. The first kappa shape index (κ1) is 14.4. The van der Waals surface area contributed by atoms with Crippen LogP contribution in [0.1, 0.15) is 50.9 Å². The first-order valence-electron chi connectivity index (χ1n) is 6.88. The maximum absolute atomic E-state index is 10.7. The van der Waals surface area contributed by atoms with Crippen molar-refractivity contribution in [3.05, 3.63) is 5.82 Å². The lowest BCUT2D eigenvalue weighted by atomic mass is 9.84. The van der Waals surface area contributed by atoms with Crippen molar-refractivity contribution >= 4 is 17.7 Å². The van der Waals surface area contributed by atoms with Gasteiger partial charge in [-0.25, -0.2) is 0 Å². The smallest absolute Gasteiger partial charge is 0.313 e. The van der Waals surface area contributed by atoms with Crippen molar-refractivity contribution in [1.82, 2.24) is 14.8 Å². The number of thioether (sulfide) groups is 1. The number of nitrogens with zero attached hydrogens (tertiary/aromatic N) is 3. The minimum Gasteiger partial charge on any atom is -0.481 e. The topological polar surface area (TPSA) is 68.0 Å². The van der Waals surface area contributed by atoms with Gasteiger partial charge < -0.3 is 9.67 Å². The van der Waals surface area contributed by atoms with Crippen LogP contribution in [0.25, 0.3) is 0 Å². The van der Waals surface area contributed by atoms with Gasteiger partial charge in [-0.15, -0.1) is 10.2 Å². The molecule has 1 aromatic heterocycles. The Balaban J connectivity index is 2.06. The molecule has 1 fully saturated rings. The second-order valence-corrected chi connectivity index (χ2v) is 6.11.